The maximum absolute atomic E-state index is 13.0. The Morgan fingerprint density at radius 2 is 1.93 bits per heavy atom. The van der Waals surface area contributed by atoms with Crippen molar-refractivity contribution < 1.29 is 4.79 Å². The molecule has 0 bridgehead atoms. The molecule has 2 aromatic rings. The van der Waals surface area contributed by atoms with Gasteiger partial charge in [0, 0.05) is 36.9 Å². The summed E-state index contributed by atoms with van der Waals surface area (Å²) in [5, 5.41) is 9.69. The van der Waals surface area contributed by atoms with Crippen molar-refractivity contribution in [3.05, 3.63) is 58.7 Å². The minimum absolute atomic E-state index is 0.142. The van der Waals surface area contributed by atoms with Gasteiger partial charge in [0.1, 0.15) is 11.6 Å². The highest BCUT2D eigenvalue weighted by atomic mass is 16.2. The van der Waals surface area contributed by atoms with Crippen molar-refractivity contribution in [2.45, 2.75) is 65.0 Å². The predicted molar refractivity (Wildman–Crippen MR) is 115 cm³/mol. The predicted octanol–water partition coefficient (Wildman–Crippen LogP) is 5.13. The molecule has 1 unspecified atom stereocenters. The van der Waals surface area contributed by atoms with E-state index in [-0.39, 0.29) is 17.5 Å². The summed E-state index contributed by atoms with van der Waals surface area (Å²) in [6.07, 6.45) is 11.4. The number of hydrogen-bond acceptors (Lipinski definition) is 3. The number of aromatic nitrogens is 2. The molecule has 0 aliphatic heterocycles. The topological polar surface area (TPSA) is 61.9 Å². The van der Waals surface area contributed by atoms with Crippen molar-refractivity contribution in [1.29, 1.82) is 5.26 Å². The molecular formula is C24H30N4O. The molecule has 0 aromatic carbocycles. The Morgan fingerprint density at radius 3 is 2.55 bits per heavy atom. The van der Waals surface area contributed by atoms with Gasteiger partial charge >= 0.3 is 0 Å². The molecular weight excluding hydrogens is 360 g/mol. The van der Waals surface area contributed by atoms with Gasteiger partial charge in [-0.05, 0) is 69.0 Å². The van der Waals surface area contributed by atoms with E-state index in [1.807, 2.05) is 19.1 Å². The van der Waals surface area contributed by atoms with Crippen molar-refractivity contribution in [3.63, 3.8) is 0 Å². The van der Waals surface area contributed by atoms with Gasteiger partial charge in [0.05, 0.1) is 6.04 Å². The Balaban J connectivity index is 1.86. The number of carbonyl (C=O) groups is 1. The van der Waals surface area contributed by atoms with Crippen LogP contribution in [0.4, 0.5) is 0 Å². The first-order valence-electron chi connectivity index (χ1n) is 10.4. The highest BCUT2D eigenvalue weighted by Crippen LogP contribution is 2.33. The Hall–Kier alpha value is -2.87. The number of hydrogen-bond donors (Lipinski definition) is 0. The normalized spacial score (nSPS) is 16.3. The second-order valence-electron chi connectivity index (χ2n) is 8.03. The van der Waals surface area contributed by atoms with Crippen LogP contribution in [0, 0.1) is 25.2 Å². The zero-order valence-corrected chi connectivity index (χ0v) is 17.9. The van der Waals surface area contributed by atoms with E-state index in [0.29, 0.717) is 6.04 Å². The van der Waals surface area contributed by atoms with Crippen molar-refractivity contribution >= 4 is 12.0 Å². The monoisotopic (exact) mass is 390 g/mol. The summed E-state index contributed by atoms with van der Waals surface area (Å²) in [4.78, 5) is 18.7. The molecule has 2 heterocycles. The van der Waals surface area contributed by atoms with Crippen molar-refractivity contribution in [3.8, 4) is 6.07 Å². The zero-order chi connectivity index (χ0) is 21.0. The molecule has 5 nitrogen and oxygen atoms in total. The van der Waals surface area contributed by atoms with Gasteiger partial charge < -0.3 is 9.47 Å². The molecule has 0 N–H and O–H groups in total. The van der Waals surface area contributed by atoms with E-state index >= 15 is 0 Å². The van der Waals surface area contributed by atoms with Gasteiger partial charge in [-0.15, -0.1) is 0 Å². The fraction of sp³-hybridized carbons (Fsp3) is 0.458. The van der Waals surface area contributed by atoms with Gasteiger partial charge in [-0.25, -0.2) is 0 Å². The molecule has 1 atom stereocenters. The second-order valence-corrected chi connectivity index (χ2v) is 8.03. The van der Waals surface area contributed by atoms with Gasteiger partial charge in [-0.3, -0.25) is 9.78 Å². The smallest absolute Gasteiger partial charge is 0.264 e. The van der Waals surface area contributed by atoms with Crippen LogP contribution in [-0.4, -0.2) is 27.4 Å². The lowest BCUT2D eigenvalue weighted by molar-refractivity contribution is -0.127. The van der Waals surface area contributed by atoms with E-state index in [9.17, 15) is 10.1 Å². The van der Waals surface area contributed by atoms with Crippen LogP contribution in [0.3, 0.4) is 0 Å². The van der Waals surface area contributed by atoms with Crippen LogP contribution in [-0.2, 0) is 4.79 Å². The lowest BCUT2D eigenvalue weighted by atomic mass is 9.95. The van der Waals surface area contributed by atoms with Gasteiger partial charge in [-0.1, -0.05) is 19.3 Å². The number of rotatable bonds is 5. The first kappa shape index (κ1) is 20.9. The largest absolute Gasteiger partial charge is 0.346 e. The SMILES string of the molecule is Cc1cc(/C=C(\C#N)C(=O)N(C)C(C)c2ccncc2)c(C)n1C1CCCCC1. The Morgan fingerprint density at radius 1 is 1.28 bits per heavy atom. The molecule has 0 saturated heterocycles. The first-order valence-corrected chi connectivity index (χ1v) is 10.4. The fourth-order valence-electron chi connectivity index (χ4n) is 4.38. The van der Waals surface area contributed by atoms with Crippen LogP contribution in [0.2, 0.25) is 0 Å². The standard InChI is InChI=1S/C24H30N4O/c1-17-14-21(19(3)28(17)23-8-6-5-7-9-23)15-22(16-25)24(29)27(4)18(2)20-10-12-26-13-11-20/h10-15,18,23H,5-9H2,1-4H3/b22-15+. The van der Waals surface area contributed by atoms with Crippen molar-refractivity contribution in [2.75, 3.05) is 7.05 Å². The molecule has 1 fully saturated rings. The number of nitriles is 1. The lowest BCUT2D eigenvalue weighted by Gasteiger charge is -2.26. The first-order chi connectivity index (χ1) is 13.9. The quantitative estimate of drug-likeness (QED) is 0.525. The Kier molecular flexibility index (Phi) is 6.53. The summed E-state index contributed by atoms with van der Waals surface area (Å²) in [6.45, 7) is 6.16. The summed E-state index contributed by atoms with van der Waals surface area (Å²) in [7, 11) is 1.74. The van der Waals surface area contributed by atoms with E-state index in [1.54, 1.807) is 30.4 Å². The molecule has 0 spiro atoms. The third kappa shape index (κ3) is 4.42. The van der Waals surface area contributed by atoms with Crippen molar-refractivity contribution in [2.24, 2.45) is 0 Å². The third-order valence-electron chi connectivity index (χ3n) is 6.20. The number of carbonyl (C=O) groups excluding carboxylic acids is 1. The van der Waals surface area contributed by atoms with Gasteiger partial charge in [0.2, 0.25) is 0 Å². The zero-order valence-electron chi connectivity index (χ0n) is 17.9. The van der Waals surface area contributed by atoms with Crippen LogP contribution in [0.1, 0.15) is 73.6 Å². The fourth-order valence-corrected chi connectivity index (χ4v) is 4.38. The van der Waals surface area contributed by atoms with Crippen LogP contribution < -0.4 is 0 Å². The minimum atomic E-state index is -0.265. The molecule has 152 valence electrons. The maximum atomic E-state index is 13.0. The summed E-state index contributed by atoms with van der Waals surface area (Å²) in [6, 6.07) is 8.39. The molecule has 29 heavy (non-hydrogen) atoms. The van der Waals surface area contributed by atoms with E-state index < -0.39 is 0 Å². The maximum Gasteiger partial charge on any atom is 0.264 e. The molecule has 1 aliphatic carbocycles. The molecule has 3 rings (SSSR count). The number of likely N-dealkylation sites (N-methyl/N-ethyl adjacent to an activating group) is 1. The molecule has 0 radical (unpaired) electrons. The third-order valence-corrected chi connectivity index (χ3v) is 6.20. The van der Waals surface area contributed by atoms with Gasteiger partial charge in [0.15, 0.2) is 0 Å². The van der Waals surface area contributed by atoms with E-state index in [0.717, 1.165) is 16.8 Å². The molecule has 1 aliphatic rings. The van der Waals surface area contributed by atoms with E-state index in [1.165, 1.54) is 37.8 Å². The summed E-state index contributed by atoms with van der Waals surface area (Å²) < 4.78 is 2.40. The molecule has 1 amide bonds. The Labute approximate surface area is 173 Å². The number of pyridine rings is 1. The lowest BCUT2D eigenvalue weighted by Crippen LogP contribution is -2.30. The average molecular weight is 391 g/mol. The van der Waals surface area contributed by atoms with Crippen LogP contribution >= 0.6 is 0 Å². The highest BCUT2D eigenvalue weighted by Gasteiger charge is 2.23. The highest BCUT2D eigenvalue weighted by molar-refractivity contribution is 6.01. The van der Waals surface area contributed by atoms with Crippen LogP contribution in [0.15, 0.2) is 36.2 Å². The summed E-state index contributed by atoms with van der Waals surface area (Å²) >= 11 is 0. The van der Waals surface area contributed by atoms with Crippen molar-refractivity contribution in [1.82, 2.24) is 14.5 Å². The molecule has 1 saturated carbocycles. The summed E-state index contributed by atoms with van der Waals surface area (Å²) in [5.74, 6) is -0.265. The van der Waals surface area contributed by atoms with E-state index in [4.69, 9.17) is 0 Å². The number of nitrogens with zero attached hydrogens (tertiary/aromatic N) is 4. The number of amides is 1. The minimum Gasteiger partial charge on any atom is -0.346 e. The van der Waals surface area contributed by atoms with Gasteiger partial charge in [-0.2, -0.15) is 5.26 Å². The second kappa shape index (κ2) is 9.09. The number of aryl methyl sites for hydroxylation is 1. The molecule has 2 aromatic heterocycles. The van der Waals surface area contributed by atoms with Crippen LogP contribution in [0.25, 0.3) is 6.08 Å². The van der Waals surface area contributed by atoms with Crippen LogP contribution in [0.5, 0.6) is 0 Å². The average Bonchev–Trinajstić information content (AvgIpc) is 3.04. The summed E-state index contributed by atoms with van der Waals surface area (Å²) in [5.41, 5.74) is 4.45. The van der Waals surface area contributed by atoms with E-state index in [2.05, 4.69) is 35.5 Å². The molecule has 5 heteroatoms. The Bertz CT molecular complexity index is 930. The van der Waals surface area contributed by atoms with Gasteiger partial charge in [0.25, 0.3) is 5.91 Å².